The van der Waals surface area contributed by atoms with Crippen molar-refractivity contribution in [3.05, 3.63) is 42.4 Å². The van der Waals surface area contributed by atoms with Crippen LogP contribution in [0.5, 0.6) is 5.75 Å². The number of likely N-dealkylation sites (N-methyl/N-ethyl adjacent to an activating group) is 1. The molecule has 0 fully saturated rings. The molecule has 9 heteroatoms. The summed E-state index contributed by atoms with van der Waals surface area (Å²) in [6.07, 6.45) is -1.24. The van der Waals surface area contributed by atoms with Gasteiger partial charge in [0, 0.05) is 12.3 Å². The number of pyridine rings is 1. The zero-order valence-electron chi connectivity index (χ0n) is 16.8. The van der Waals surface area contributed by atoms with Crippen LogP contribution in [-0.4, -0.2) is 45.0 Å². The molecule has 6 nitrogen and oxygen atoms in total. The average molecular weight is 407 g/mol. The zero-order valence-corrected chi connectivity index (χ0v) is 16.8. The van der Waals surface area contributed by atoms with Crippen molar-refractivity contribution < 1.29 is 17.9 Å². The van der Waals surface area contributed by atoms with Gasteiger partial charge in [0.15, 0.2) is 5.65 Å². The van der Waals surface area contributed by atoms with Crippen LogP contribution in [-0.2, 0) is 0 Å². The predicted molar refractivity (Wildman–Crippen MR) is 104 cm³/mol. The molecule has 0 saturated carbocycles. The zero-order chi connectivity index (χ0) is 21.2. The minimum atomic E-state index is -4.45. The van der Waals surface area contributed by atoms with E-state index in [1.807, 2.05) is 0 Å². The lowest BCUT2D eigenvalue weighted by Gasteiger charge is -2.36. The first-order valence-electron chi connectivity index (χ1n) is 9.32. The molecular weight excluding hydrogens is 383 g/mol. The van der Waals surface area contributed by atoms with Crippen LogP contribution < -0.4 is 10.1 Å². The van der Waals surface area contributed by atoms with Crippen molar-refractivity contribution >= 4 is 5.65 Å². The number of ether oxygens (including phenoxy) is 1. The maximum absolute atomic E-state index is 13.8. The van der Waals surface area contributed by atoms with Gasteiger partial charge in [-0.25, -0.2) is 14.5 Å². The monoisotopic (exact) mass is 407 g/mol. The molecule has 0 aliphatic carbocycles. The highest BCUT2D eigenvalue weighted by Gasteiger charge is 2.54. The van der Waals surface area contributed by atoms with Gasteiger partial charge in [0.05, 0.1) is 23.3 Å². The van der Waals surface area contributed by atoms with Crippen molar-refractivity contribution in [3.63, 3.8) is 0 Å². The molecule has 0 aromatic carbocycles. The van der Waals surface area contributed by atoms with E-state index in [0.29, 0.717) is 22.8 Å². The predicted octanol–water partition coefficient (Wildman–Crippen LogP) is 4.05. The first-order valence-corrected chi connectivity index (χ1v) is 9.32. The van der Waals surface area contributed by atoms with E-state index >= 15 is 0 Å². The Hall–Kier alpha value is -2.68. The summed E-state index contributed by atoms with van der Waals surface area (Å²) in [6.45, 7) is 4.68. The maximum Gasteiger partial charge on any atom is 0.409 e. The SMILES string of the molecule is CNC(COc1ccc(-c2ccnc3ccnn23)nc1C)(CC(C)C)C(F)(F)F. The Morgan fingerprint density at radius 1 is 1.14 bits per heavy atom. The fraction of sp³-hybridized carbons (Fsp3) is 0.450. The van der Waals surface area contributed by atoms with Gasteiger partial charge in [-0.1, -0.05) is 13.8 Å². The van der Waals surface area contributed by atoms with Crippen LogP contribution in [0.25, 0.3) is 17.0 Å². The number of rotatable bonds is 7. The summed E-state index contributed by atoms with van der Waals surface area (Å²) in [7, 11) is 1.31. The standard InChI is InChI=1S/C20H24F3N5O/c1-13(2)11-19(24-4,20(21,22)23)12-29-17-6-5-15(27-14(17)3)16-7-9-25-18-8-10-26-28(16)18/h5-10,13,24H,11-12H2,1-4H3. The van der Waals surface area contributed by atoms with Crippen LogP contribution in [0.3, 0.4) is 0 Å². The molecule has 3 heterocycles. The number of fused-ring (bicyclic) bond motifs is 1. The van der Waals surface area contributed by atoms with E-state index in [1.54, 1.807) is 61.9 Å². The molecule has 3 aromatic rings. The summed E-state index contributed by atoms with van der Waals surface area (Å²) in [5.74, 6) is 0.157. The van der Waals surface area contributed by atoms with Crippen molar-refractivity contribution in [3.8, 4) is 17.1 Å². The molecule has 0 bridgehead atoms. The largest absolute Gasteiger partial charge is 0.489 e. The smallest absolute Gasteiger partial charge is 0.409 e. The van der Waals surface area contributed by atoms with Crippen LogP contribution in [0.15, 0.2) is 36.7 Å². The number of hydrogen-bond donors (Lipinski definition) is 1. The van der Waals surface area contributed by atoms with E-state index in [1.165, 1.54) is 7.05 Å². The van der Waals surface area contributed by atoms with E-state index in [2.05, 4.69) is 20.4 Å². The van der Waals surface area contributed by atoms with Gasteiger partial charge in [0.2, 0.25) is 0 Å². The number of halogens is 3. The van der Waals surface area contributed by atoms with E-state index in [0.717, 1.165) is 5.69 Å². The normalized spacial score (nSPS) is 14.3. The molecule has 29 heavy (non-hydrogen) atoms. The second-order valence-electron chi connectivity index (χ2n) is 7.43. The van der Waals surface area contributed by atoms with Gasteiger partial charge in [0.25, 0.3) is 0 Å². The summed E-state index contributed by atoms with van der Waals surface area (Å²) < 4.78 is 48.6. The fourth-order valence-electron chi connectivity index (χ4n) is 3.34. The molecule has 0 amide bonds. The lowest BCUT2D eigenvalue weighted by molar-refractivity contribution is -0.207. The van der Waals surface area contributed by atoms with E-state index < -0.39 is 18.3 Å². The van der Waals surface area contributed by atoms with Crippen LogP contribution in [0.4, 0.5) is 13.2 Å². The third-order valence-corrected chi connectivity index (χ3v) is 4.84. The lowest BCUT2D eigenvalue weighted by Crippen LogP contribution is -2.60. The molecule has 0 aliphatic heterocycles. The minimum Gasteiger partial charge on any atom is -0.489 e. The summed E-state index contributed by atoms with van der Waals surface area (Å²) >= 11 is 0. The summed E-state index contributed by atoms with van der Waals surface area (Å²) in [4.78, 5) is 8.72. The molecule has 1 N–H and O–H groups in total. The van der Waals surface area contributed by atoms with Gasteiger partial charge in [-0.15, -0.1) is 0 Å². The van der Waals surface area contributed by atoms with E-state index in [9.17, 15) is 13.2 Å². The molecule has 156 valence electrons. The Morgan fingerprint density at radius 2 is 1.90 bits per heavy atom. The van der Waals surface area contributed by atoms with E-state index in [-0.39, 0.29) is 12.3 Å². The second kappa shape index (κ2) is 7.98. The fourth-order valence-corrected chi connectivity index (χ4v) is 3.34. The number of nitrogens with zero attached hydrogens (tertiary/aromatic N) is 4. The highest BCUT2D eigenvalue weighted by molar-refractivity contribution is 5.59. The van der Waals surface area contributed by atoms with Crippen LogP contribution in [0.1, 0.15) is 26.0 Å². The molecule has 3 rings (SSSR count). The Morgan fingerprint density at radius 3 is 2.52 bits per heavy atom. The quantitative estimate of drug-likeness (QED) is 0.640. The van der Waals surface area contributed by atoms with Gasteiger partial charge in [-0.3, -0.25) is 0 Å². The maximum atomic E-state index is 13.8. The van der Waals surface area contributed by atoms with E-state index in [4.69, 9.17) is 4.74 Å². The van der Waals surface area contributed by atoms with Crippen LogP contribution in [0.2, 0.25) is 0 Å². The molecule has 0 spiro atoms. The second-order valence-corrected chi connectivity index (χ2v) is 7.43. The van der Waals surface area contributed by atoms with Crippen molar-refractivity contribution in [2.75, 3.05) is 13.7 Å². The molecule has 3 aromatic heterocycles. The average Bonchev–Trinajstić information content (AvgIpc) is 3.13. The van der Waals surface area contributed by atoms with Gasteiger partial charge < -0.3 is 10.1 Å². The topological polar surface area (TPSA) is 64.3 Å². The summed E-state index contributed by atoms with van der Waals surface area (Å²) in [5.41, 5.74) is 0.410. The molecule has 0 aliphatic rings. The number of alkyl halides is 3. The number of aryl methyl sites for hydroxylation is 1. The summed E-state index contributed by atoms with van der Waals surface area (Å²) in [5, 5.41) is 6.67. The number of hydrogen-bond acceptors (Lipinski definition) is 5. The molecule has 1 unspecified atom stereocenters. The molecule has 0 radical (unpaired) electrons. The highest BCUT2D eigenvalue weighted by atomic mass is 19.4. The number of nitrogens with one attached hydrogen (secondary N) is 1. The minimum absolute atomic E-state index is 0.0914. The van der Waals surface area contributed by atoms with Gasteiger partial charge in [-0.2, -0.15) is 18.3 Å². The molecule has 1 atom stereocenters. The first kappa shape index (κ1) is 21.0. The molecular formula is C20H24F3N5O. The Balaban J connectivity index is 1.86. The van der Waals surface area contributed by atoms with Crippen molar-refractivity contribution in [1.82, 2.24) is 24.9 Å². The Labute approximate surface area is 167 Å². The summed E-state index contributed by atoms with van der Waals surface area (Å²) in [6, 6.07) is 6.90. The van der Waals surface area contributed by atoms with Gasteiger partial charge in [-0.05, 0) is 44.5 Å². The molecule has 0 saturated heterocycles. The van der Waals surface area contributed by atoms with Gasteiger partial charge >= 0.3 is 6.18 Å². The lowest BCUT2D eigenvalue weighted by atomic mass is 9.89. The van der Waals surface area contributed by atoms with Gasteiger partial charge in [0.1, 0.15) is 17.9 Å². The highest BCUT2D eigenvalue weighted by Crippen LogP contribution is 2.36. The van der Waals surface area contributed by atoms with Crippen molar-refractivity contribution in [2.24, 2.45) is 5.92 Å². The first-order chi connectivity index (χ1) is 13.7. The van der Waals surface area contributed by atoms with Crippen molar-refractivity contribution in [1.29, 1.82) is 0 Å². The third kappa shape index (κ3) is 4.19. The van der Waals surface area contributed by atoms with Crippen molar-refractivity contribution in [2.45, 2.75) is 38.9 Å². The third-order valence-electron chi connectivity index (χ3n) is 4.84. The Bertz CT molecular complexity index is 986. The van der Waals surface area contributed by atoms with Crippen LogP contribution in [0, 0.1) is 12.8 Å². The Kier molecular flexibility index (Phi) is 5.79. The van der Waals surface area contributed by atoms with Crippen LogP contribution >= 0.6 is 0 Å². The number of aromatic nitrogens is 4.